The number of nitrogens with zero attached hydrogens (tertiary/aromatic N) is 1. The summed E-state index contributed by atoms with van der Waals surface area (Å²) in [6.45, 7) is 0.593. The Hall–Kier alpha value is -2.73. The Morgan fingerprint density at radius 1 is 1.11 bits per heavy atom. The van der Waals surface area contributed by atoms with E-state index >= 15 is 0 Å². The third kappa shape index (κ3) is 3.00. The highest BCUT2D eigenvalue weighted by atomic mass is 35.5. The number of aromatic amines is 1. The van der Waals surface area contributed by atoms with E-state index in [4.69, 9.17) is 11.6 Å². The van der Waals surface area contributed by atoms with E-state index in [1.807, 2.05) is 24.4 Å². The van der Waals surface area contributed by atoms with E-state index in [1.54, 1.807) is 6.07 Å². The number of fused-ring (bicyclic) bond motifs is 1. The number of nitrogens with one attached hydrogen (secondary N) is 1. The number of rotatable bonds is 2. The Kier molecular flexibility index (Phi) is 4.44. The molecule has 0 radical (unpaired) electrons. The summed E-state index contributed by atoms with van der Waals surface area (Å²) in [5, 5.41) is 1.61. The van der Waals surface area contributed by atoms with Gasteiger partial charge < -0.3 is 9.88 Å². The van der Waals surface area contributed by atoms with E-state index in [9.17, 15) is 18.0 Å². The summed E-state index contributed by atoms with van der Waals surface area (Å²) in [5.74, 6) is -5.07. The second-order valence-corrected chi connectivity index (χ2v) is 6.73. The molecule has 1 N–H and O–H groups in total. The predicted octanol–water partition coefficient (Wildman–Crippen LogP) is 5.17. The number of amides is 1. The lowest BCUT2D eigenvalue weighted by Crippen LogP contribution is -2.35. The third-order valence-electron chi connectivity index (χ3n) is 4.77. The van der Waals surface area contributed by atoms with E-state index in [0.717, 1.165) is 34.2 Å². The molecule has 1 aliphatic rings. The number of carbonyl (C=O) groups excluding carboxylic acids is 1. The lowest BCUT2D eigenvalue weighted by molar-refractivity contribution is 0.0767. The highest BCUT2D eigenvalue weighted by Gasteiger charge is 2.25. The van der Waals surface area contributed by atoms with Crippen LogP contribution in [0, 0.1) is 17.5 Å². The molecule has 3 aromatic rings. The third-order valence-corrected chi connectivity index (χ3v) is 5.09. The van der Waals surface area contributed by atoms with Gasteiger partial charge in [0.25, 0.3) is 5.91 Å². The van der Waals surface area contributed by atoms with Crippen LogP contribution >= 0.6 is 11.6 Å². The molecule has 0 aliphatic carbocycles. The minimum absolute atomic E-state index is 0.250. The topological polar surface area (TPSA) is 36.1 Å². The number of carbonyl (C=O) groups is 1. The molecule has 2 aromatic carbocycles. The molecule has 0 unspecified atom stereocenters. The molecule has 2 heterocycles. The van der Waals surface area contributed by atoms with E-state index in [0.29, 0.717) is 18.0 Å². The average Bonchev–Trinajstić information content (AvgIpc) is 3.11. The maximum atomic E-state index is 13.9. The lowest BCUT2D eigenvalue weighted by atomic mass is 9.98. The van der Waals surface area contributed by atoms with Crippen LogP contribution in [0.15, 0.2) is 42.6 Å². The van der Waals surface area contributed by atoms with E-state index < -0.39 is 28.9 Å². The highest BCUT2D eigenvalue weighted by Crippen LogP contribution is 2.32. The van der Waals surface area contributed by atoms with Gasteiger partial charge in [-0.1, -0.05) is 29.8 Å². The molecule has 0 bridgehead atoms. The van der Waals surface area contributed by atoms with Crippen LogP contribution in [-0.4, -0.2) is 28.9 Å². The molecule has 27 heavy (non-hydrogen) atoms. The molecule has 1 aliphatic heterocycles. The molecule has 1 aromatic heterocycles. The van der Waals surface area contributed by atoms with Gasteiger partial charge in [-0.15, -0.1) is 0 Å². The zero-order valence-corrected chi connectivity index (χ0v) is 14.8. The Labute approximate surface area is 158 Å². The van der Waals surface area contributed by atoms with Gasteiger partial charge in [-0.25, -0.2) is 13.2 Å². The van der Waals surface area contributed by atoms with Crippen molar-refractivity contribution < 1.29 is 18.0 Å². The first-order valence-electron chi connectivity index (χ1n) is 8.35. The minimum Gasteiger partial charge on any atom is -0.359 e. The first-order valence-corrected chi connectivity index (χ1v) is 8.73. The van der Waals surface area contributed by atoms with Crippen molar-refractivity contribution in [1.82, 2.24) is 9.88 Å². The minimum atomic E-state index is -1.63. The maximum Gasteiger partial charge on any atom is 0.257 e. The van der Waals surface area contributed by atoms with Crippen molar-refractivity contribution in [3.05, 3.63) is 76.2 Å². The van der Waals surface area contributed by atoms with Gasteiger partial charge in [0.15, 0.2) is 17.5 Å². The number of aromatic nitrogens is 1. The largest absolute Gasteiger partial charge is 0.359 e. The predicted molar refractivity (Wildman–Crippen MR) is 98.1 cm³/mol. The Balaban J connectivity index is 1.59. The Morgan fingerprint density at radius 3 is 2.67 bits per heavy atom. The molecule has 7 heteroatoms. The zero-order chi connectivity index (χ0) is 19.1. The van der Waals surface area contributed by atoms with Crippen LogP contribution in [0.5, 0.6) is 0 Å². The molecular formula is C20H14ClF3N2O. The normalized spacial score (nSPS) is 14.5. The quantitative estimate of drug-likeness (QED) is 0.602. The number of para-hydroxylation sites is 1. The van der Waals surface area contributed by atoms with E-state index in [-0.39, 0.29) is 6.54 Å². The van der Waals surface area contributed by atoms with Crippen molar-refractivity contribution >= 4 is 34.0 Å². The number of benzene rings is 2. The molecule has 4 rings (SSSR count). The molecule has 3 nitrogen and oxygen atoms in total. The SMILES string of the molecule is O=C(c1ccc(F)c(F)c1F)N1CC=C(c2c[nH]c3c(Cl)cccc23)CC1. The summed E-state index contributed by atoms with van der Waals surface area (Å²) >= 11 is 6.18. The molecule has 1 amide bonds. The van der Waals surface area contributed by atoms with Gasteiger partial charge in [-0.2, -0.15) is 0 Å². The highest BCUT2D eigenvalue weighted by molar-refractivity contribution is 6.35. The number of halogens is 4. The Morgan fingerprint density at radius 2 is 1.93 bits per heavy atom. The molecule has 0 saturated carbocycles. The summed E-state index contributed by atoms with van der Waals surface area (Å²) < 4.78 is 40.4. The van der Waals surface area contributed by atoms with Crippen molar-refractivity contribution in [3.8, 4) is 0 Å². The molecule has 138 valence electrons. The number of hydrogen-bond donors (Lipinski definition) is 1. The maximum absolute atomic E-state index is 13.9. The van der Waals surface area contributed by atoms with Crippen molar-refractivity contribution in [2.45, 2.75) is 6.42 Å². The van der Waals surface area contributed by atoms with Crippen LogP contribution in [0.2, 0.25) is 5.02 Å². The van der Waals surface area contributed by atoms with Crippen LogP contribution in [0.25, 0.3) is 16.5 Å². The molecule has 0 spiro atoms. The second kappa shape index (κ2) is 6.78. The van der Waals surface area contributed by atoms with Gasteiger partial charge in [0.1, 0.15) is 0 Å². The lowest BCUT2D eigenvalue weighted by Gasteiger charge is -2.26. The summed E-state index contributed by atoms with van der Waals surface area (Å²) in [7, 11) is 0. The first-order chi connectivity index (χ1) is 13.0. The molecule has 0 fully saturated rings. The van der Waals surface area contributed by atoms with Gasteiger partial charge in [0.2, 0.25) is 0 Å². The summed E-state index contributed by atoms with van der Waals surface area (Å²) in [4.78, 5) is 17.0. The van der Waals surface area contributed by atoms with Crippen LogP contribution in [0.3, 0.4) is 0 Å². The van der Waals surface area contributed by atoms with Gasteiger partial charge >= 0.3 is 0 Å². The molecule has 0 saturated heterocycles. The zero-order valence-electron chi connectivity index (χ0n) is 14.0. The van der Waals surface area contributed by atoms with Crippen LogP contribution < -0.4 is 0 Å². The van der Waals surface area contributed by atoms with E-state index in [1.165, 1.54) is 4.90 Å². The van der Waals surface area contributed by atoms with Gasteiger partial charge in [-0.05, 0) is 30.2 Å². The monoisotopic (exact) mass is 390 g/mol. The van der Waals surface area contributed by atoms with Crippen molar-refractivity contribution in [2.24, 2.45) is 0 Å². The summed E-state index contributed by atoms with van der Waals surface area (Å²) in [5.41, 5.74) is 2.42. The van der Waals surface area contributed by atoms with Crippen molar-refractivity contribution in [2.75, 3.05) is 13.1 Å². The number of H-pyrrole nitrogens is 1. The molecular weight excluding hydrogens is 377 g/mol. The molecule has 0 atom stereocenters. The smallest absolute Gasteiger partial charge is 0.257 e. The van der Waals surface area contributed by atoms with Gasteiger partial charge in [0.05, 0.1) is 16.1 Å². The van der Waals surface area contributed by atoms with Crippen molar-refractivity contribution in [1.29, 1.82) is 0 Å². The summed E-state index contributed by atoms with van der Waals surface area (Å²) in [6, 6.07) is 7.36. The Bertz CT molecular complexity index is 1090. The van der Waals surface area contributed by atoms with Gasteiger partial charge in [-0.3, -0.25) is 4.79 Å². The van der Waals surface area contributed by atoms with Crippen LogP contribution in [-0.2, 0) is 0 Å². The van der Waals surface area contributed by atoms with Crippen molar-refractivity contribution in [3.63, 3.8) is 0 Å². The van der Waals surface area contributed by atoms with Gasteiger partial charge in [0, 0.05) is 30.2 Å². The fourth-order valence-electron chi connectivity index (χ4n) is 3.34. The average molecular weight is 391 g/mol. The van der Waals surface area contributed by atoms with Crippen LogP contribution in [0.1, 0.15) is 22.3 Å². The van der Waals surface area contributed by atoms with Crippen LogP contribution in [0.4, 0.5) is 13.2 Å². The fraction of sp³-hybridized carbons (Fsp3) is 0.150. The second-order valence-electron chi connectivity index (χ2n) is 6.32. The summed E-state index contributed by atoms with van der Waals surface area (Å²) in [6.07, 6.45) is 4.30. The first kappa shape index (κ1) is 17.7. The number of hydrogen-bond acceptors (Lipinski definition) is 1. The standard InChI is InChI=1S/C20H14ClF3N2O/c21-15-3-1-2-12-14(10-25-19(12)15)11-6-8-26(9-7-11)20(27)13-4-5-16(22)18(24)17(13)23/h1-6,10,25H,7-9H2. The van der Waals surface area contributed by atoms with E-state index in [2.05, 4.69) is 4.98 Å². The fourth-order valence-corrected chi connectivity index (χ4v) is 3.57.